The zero-order valence-corrected chi connectivity index (χ0v) is 17.9. The number of hydrogen-bond acceptors (Lipinski definition) is 7. The Morgan fingerprint density at radius 3 is 1.75 bits per heavy atom. The Morgan fingerprint density at radius 2 is 1.28 bits per heavy atom. The molecule has 3 rings (SSSR count). The van der Waals surface area contributed by atoms with Gasteiger partial charge in [-0.3, -0.25) is 20.2 Å². The summed E-state index contributed by atoms with van der Waals surface area (Å²) in [4.78, 5) is 25.0. The molecule has 3 aromatic rings. The number of aryl methyl sites for hydroxylation is 1. The van der Waals surface area contributed by atoms with Crippen LogP contribution in [-0.4, -0.2) is 24.1 Å². The zero-order chi connectivity index (χ0) is 23.5. The summed E-state index contributed by atoms with van der Waals surface area (Å²) in [7, 11) is -4.12. The van der Waals surface area contributed by atoms with Crippen LogP contribution in [0.3, 0.4) is 0 Å². The first-order valence-electron chi connectivity index (χ1n) is 9.26. The van der Waals surface area contributed by atoms with E-state index in [-0.39, 0.29) is 27.8 Å². The van der Waals surface area contributed by atoms with E-state index in [4.69, 9.17) is 0 Å². The predicted molar refractivity (Wildman–Crippen MR) is 120 cm³/mol. The van der Waals surface area contributed by atoms with E-state index in [1.165, 1.54) is 67.6 Å². The molecule has 0 saturated heterocycles. The van der Waals surface area contributed by atoms with Crippen molar-refractivity contribution in [2.45, 2.75) is 18.7 Å². The lowest BCUT2D eigenvalue weighted by atomic mass is 10.2. The number of nitrogens with zero attached hydrogens (tertiary/aromatic N) is 4. The Bertz CT molecular complexity index is 1290. The van der Waals surface area contributed by atoms with E-state index in [0.29, 0.717) is 5.69 Å². The average Bonchev–Trinajstić information content (AvgIpc) is 2.74. The first-order valence-corrected chi connectivity index (χ1v) is 10.7. The van der Waals surface area contributed by atoms with Gasteiger partial charge in [0, 0.05) is 24.3 Å². The van der Waals surface area contributed by atoms with Crippen LogP contribution in [-0.2, 0) is 10.0 Å². The van der Waals surface area contributed by atoms with Crippen molar-refractivity contribution in [3.05, 3.63) is 98.6 Å². The summed E-state index contributed by atoms with van der Waals surface area (Å²) >= 11 is 0. The molecule has 0 bridgehead atoms. The first kappa shape index (κ1) is 22.6. The van der Waals surface area contributed by atoms with Crippen molar-refractivity contribution in [3.8, 4) is 0 Å². The fourth-order valence-corrected chi connectivity index (χ4v) is 4.38. The molecule has 32 heavy (non-hydrogen) atoms. The molecule has 3 aromatic carbocycles. The molecule has 0 aliphatic rings. The summed E-state index contributed by atoms with van der Waals surface area (Å²) in [6, 6.07) is 16.6. The van der Waals surface area contributed by atoms with Gasteiger partial charge in [0.2, 0.25) is 0 Å². The van der Waals surface area contributed by atoms with E-state index in [9.17, 15) is 28.6 Å². The van der Waals surface area contributed by atoms with Crippen LogP contribution in [0.1, 0.15) is 12.5 Å². The molecule has 0 amide bonds. The van der Waals surface area contributed by atoms with Gasteiger partial charge in [-0.2, -0.15) is 0 Å². The molecule has 0 fully saturated rings. The number of amidine groups is 1. The number of non-ortho nitro benzene ring substituents is 2. The molecule has 0 aliphatic carbocycles. The van der Waals surface area contributed by atoms with E-state index in [0.717, 1.165) is 9.87 Å². The highest BCUT2D eigenvalue weighted by Gasteiger charge is 2.28. The number of rotatable bonds is 6. The van der Waals surface area contributed by atoms with Gasteiger partial charge in [0.25, 0.3) is 21.4 Å². The largest absolute Gasteiger partial charge is 0.269 e. The number of aliphatic imine (C=N–C) groups is 1. The van der Waals surface area contributed by atoms with Crippen molar-refractivity contribution in [2.24, 2.45) is 4.99 Å². The van der Waals surface area contributed by atoms with Crippen LogP contribution in [0.25, 0.3) is 0 Å². The SMILES string of the molecule is CC(=Nc1ccc([N+](=O)[O-])cc1)N(c1ccc([N+](=O)[O-])cc1)S(=O)(=O)c1ccc(C)cc1. The standard InChI is InChI=1S/C21H18N4O6S/c1-15-3-13-21(14-4-15)32(30,31)23(18-9-11-20(12-10-18)25(28)29)16(2)22-17-5-7-19(8-6-17)24(26)27/h3-14H,1-2H3. The second-order valence-electron chi connectivity index (χ2n) is 6.79. The van der Waals surface area contributed by atoms with Crippen LogP contribution in [0, 0.1) is 27.2 Å². The maximum Gasteiger partial charge on any atom is 0.269 e. The summed E-state index contributed by atoms with van der Waals surface area (Å²) in [5.74, 6) is 0.0493. The summed E-state index contributed by atoms with van der Waals surface area (Å²) in [6.45, 7) is 3.29. The molecule has 164 valence electrons. The lowest BCUT2D eigenvalue weighted by molar-refractivity contribution is -0.385. The highest BCUT2D eigenvalue weighted by molar-refractivity contribution is 7.93. The molecule has 0 N–H and O–H groups in total. The van der Waals surface area contributed by atoms with E-state index in [2.05, 4.69) is 4.99 Å². The number of nitro benzene ring substituents is 2. The van der Waals surface area contributed by atoms with E-state index < -0.39 is 19.9 Å². The zero-order valence-electron chi connectivity index (χ0n) is 17.1. The molecule has 0 saturated carbocycles. The second-order valence-corrected chi connectivity index (χ2v) is 8.58. The number of benzene rings is 3. The van der Waals surface area contributed by atoms with Crippen LogP contribution >= 0.6 is 0 Å². The molecule has 0 radical (unpaired) electrons. The fraction of sp³-hybridized carbons (Fsp3) is 0.0952. The van der Waals surface area contributed by atoms with Crippen LogP contribution < -0.4 is 4.31 Å². The lowest BCUT2D eigenvalue weighted by Gasteiger charge is -2.24. The fourth-order valence-electron chi connectivity index (χ4n) is 2.91. The molecule has 0 aliphatic heterocycles. The molecule has 0 heterocycles. The normalized spacial score (nSPS) is 11.8. The Morgan fingerprint density at radius 1 is 0.812 bits per heavy atom. The van der Waals surface area contributed by atoms with Gasteiger partial charge in [-0.15, -0.1) is 0 Å². The predicted octanol–water partition coefficient (Wildman–Crippen LogP) is 4.76. The van der Waals surface area contributed by atoms with Gasteiger partial charge in [-0.1, -0.05) is 17.7 Å². The van der Waals surface area contributed by atoms with Crippen molar-refractivity contribution >= 4 is 38.6 Å². The Labute approximate surface area is 183 Å². The minimum atomic E-state index is -4.12. The minimum Gasteiger partial charge on any atom is -0.258 e. The maximum absolute atomic E-state index is 13.5. The maximum atomic E-state index is 13.5. The third kappa shape index (κ3) is 4.78. The molecule has 11 heteroatoms. The van der Waals surface area contributed by atoms with E-state index in [1.54, 1.807) is 12.1 Å². The summed E-state index contributed by atoms with van der Waals surface area (Å²) < 4.78 is 27.9. The Hall–Kier alpha value is -4.12. The van der Waals surface area contributed by atoms with Gasteiger partial charge in [0.05, 0.1) is 26.1 Å². The number of nitro groups is 2. The summed E-state index contributed by atoms with van der Waals surface area (Å²) in [5, 5.41) is 21.8. The molecule has 10 nitrogen and oxygen atoms in total. The number of sulfonamides is 1. The average molecular weight is 454 g/mol. The smallest absolute Gasteiger partial charge is 0.258 e. The molecule has 0 aromatic heterocycles. The molecule has 0 atom stereocenters. The van der Waals surface area contributed by atoms with Crippen LogP contribution in [0.2, 0.25) is 0 Å². The third-order valence-corrected chi connectivity index (χ3v) is 6.32. The Kier molecular flexibility index (Phi) is 6.30. The minimum absolute atomic E-state index is 0.0136. The van der Waals surface area contributed by atoms with Gasteiger partial charge < -0.3 is 0 Å². The van der Waals surface area contributed by atoms with Crippen LogP contribution in [0.5, 0.6) is 0 Å². The molecule has 0 spiro atoms. The van der Waals surface area contributed by atoms with E-state index in [1.807, 2.05) is 6.92 Å². The van der Waals surface area contributed by atoms with E-state index >= 15 is 0 Å². The quantitative estimate of drug-likeness (QED) is 0.228. The molecular formula is C21H18N4O6S. The Balaban J connectivity index is 2.11. The van der Waals surface area contributed by atoms with Crippen molar-refractivity contribution in [2.75, 3.05) is 4.31 Å². The van der Waals surface area contributed by atoms with Gasteiger partial charge in [-0.25, -0.2) is 17.7 Å². The van der Waals surface area contributed by atoms with Crippen molar-refractivity contribution in [1.82, 2.24) is 0 Å². The summed E-state index contributed by atoms with van der Waals surface area (Å²) in [5.41, 5.74) is 1.02. The molecule has 0 unspecified atom stereocenters. The summed E-state index contributed by atoms with van der Waals surface area (Å²) in [6.07, 6.45) is 0. The first-order chi connectivity index (χ1) is 15.1. The topological polar surface area (TPSA) is 136 Å². The van der Waals surface area contributed by atoms with Crippen molar-refractivity contribution in [1.29, 1.82) is 0 Å². The second kappa shape index (κ2) is 8.94. The van der Waals surface area contributed by atoms with Crippen LogP contribution in [0.15, 0.2) is 82.7 Å². The lowest BCUT2D eigenvalue weighted by Crippen LogP contribution is -2.35. The van der Waals surface area contributed by atoms with Crippen LogP contribution in [0.4, 0.5) is 22.7 Å². The van der Waals surface area contributed by atoms with Crippen molar-refractivity contribution in [3.63, 3.8) is 0 Å². The van der Waals surface area contributed by atoms with Gasteiger partial charge in [0.1, 0.15) is 5.84 Å². The van der Waals surface area contributed by atoms with Gasteiger partial charge in [-0.05, 0) is 50.2 Å². The number of hydrogen-bond donors (Lipinski definition) is 0. The monoisotopic (exact) mass is 454 g/mol. The van der Waals surface area contributed by atoms with Gasteiger partial charge >= 0.3 is 0 Å². The number of anilines is 1. The molecular weight excluding hydrogens is 436 g/mol. The van der Waals surface area contributed by atoms with Crippen molar-refractivity contribution < 1.29 is 18.3 Å². The van der Waals surface area contributed by atoms with Gasteiger partial charge in [0.15, 0.2) is 0 Å². The third-order valence-electron chi connectivity index (χ3n) is 4.50. The highest BCUT2D eigenvalue weighted by Crippen LogP contribution is 2.28. The highest BCUT2D eigenvalue weighted by atomic mass is 32.2.